The van der Waals surface area contributed by atoms with Gasteiger partial charge in [0.2, 0.25) is 5.91 Å². The van der Waals surface area contributed by atoms with Crippen molar-refractivity contribution in [2.45, 2.75) is 6.42 Å². The molecule has 2 aliphatic heterocycles. The highest BCUT2D eigenvalue weighted by atomic mass is 19.1. The number of halogens is 1. The Hall–Kier alpha value is -3.16. The van der Waals surface area contributed by atoms with Crippen LogP contribution in [0, 0.1) is 23.6 Å². The van der Waals surface area contributed by atoms with Crippen LogP contribution < -0.4 is 4.74 Å². The Balaban J connectivity index is 1.37. The van der Waals surface area contributed by atoms with Gasteiger partial charge < -0.3 is 9.64 Å². The number of pyridine rings is 1. The molecule has 3 fully saturated rings. The summed E-state index contributed by atoms with van der Waals surface area (Å²) in [6.45, 7) is 5.55. The Kier molecular flexibility index (Phi) is 4.15. The number of ether oxygens (including phenoxy) is 1. The predicted octanol–water partition coefficient (Wildman–Crippen LogP) is 2.53. The molecule has 3 aliphatic rings. The molecule has 29 heavy (non-hydrogen) atoms. The second-order valence-corrected chi connectivity index (χ2v) is 7.96. The van der Waals surface area contributed by atoms with Gasteiger partial charge in [0, 0.05) is 49.6 Å². The minimum atomic E-state index is -0.408. The summed E-state index contributed by atoms with van der Waals surface area (Å²) in [5, 5.41) is 8.31. The number of aryl methyl sites for hydroxylation is 1. The summed E-state index contributed by atoms with van der Waals surface area (Å²) in [5.74, 6) is 1.28. The van der Waals surface area contributed by atoms with Gasteiger partial charge in [-0.15, -0.1) is 0 Å². The Bertz CT molecular complexity index is 1090. The average molecular weight is 395 g/mol. The lowest BCUT2D eigenvalue weighted by molar-refractivity contribution is -0.138. The number of aromatic nitrogens is 4. The predicted molar refractivity (Wildman–Crippen MR) is 105 cm³/mol. The maximum absolute atomic E-state index is 14.3. The molecule has 3 aromatic rings. The molecule has 2 bridgehead atoms. The molecule has 0 radical (unpaired) electrons. The number of nitrogens with zero attached hydrogens (tertiary/aromatic N) is 5. The van der Waals surface area contributed by atoms with Crippen molar-refractivity contribution in [1.82, 2.24) is 24.3 Å². The van der Waals surface area contributed by atoms with Crippen molar-refractivity contribution in [2.24, 2.45) is 24.8 Å². The second-order valence-electron chi connectivity index (χ2n) is 7.96. The van der Waals surface area contributed by atoms with E-state index in [9.17, 15) is 9.18 Å². The highest BCUT2D eigenvalue weighted by molar-refractivity contribution is 5.87. The third kappa shape index (κ3) is 2.99. The van der Waals surface area contributed by atoms with Crippen molar-refractivity contribution in [3.8, 4) is 16.9 Å². The molecule has 0 N–H and O–H groups in total. The molecule has 2 atom stereocenters. The summed E-state index contributed by atoms with van der Waals surface area (Å²) in [6, 6.07) is 1.85. The van der Waals surface area contributed by atoms with Crippen molar-refractivity contribution in [3.63, 3.8) is 0 Å². The molecular weight excluding hydrogens is 373 g/mol. The number of piperidine rings is 2. The SMILES string of the molecule is C=CC(=O)N1CC2CC(C1)C2COc1cc(-c2cnn(C)c2)cn2ncc(F)c12. The molecule has 8 heteroatoms. The topological polar surface area (TPSA) is 64.7 Å². The van der Waals surface area contributed by atoms with Crippen LogP contribution in [0.1, 0.15) is 6.42 Å². The third-order valence-electron chi connectivity index (χ3n) is 6.21. The molecule has 5 heterocycles. The van der Waals surface area contributed by atoms with E-state index in [-0.39, 0.29) is 5.91 Å². The maximum atomic E-state index is 14.3. The van der Waals surface area contributed by atoms with Crippen LogP contribution in [0.3, 0.4) is 0 Å². The van der Waals surface area contributed by atoms with Gasteiger partial charge in [-0.1, -0.05) is 6.58 Å². The lowest BCUT2D eigenvalue weighted by Gasteiger charge is -2.53. The van der Waals surface area contributed by atoms with Crippen molar-refractivity contribution >= 4 is 11.4 Å². The summed E-state index contributed by atoms with van der Waals surface area (Å²) in [4.78, 5) is 13.7. The largest absolute Gasteiger partial charge is 0.491 e. The zero-order chi connectivity index (χ0) is 20.1. The summed E-state index contributed by atoms with van der Waals surface area (Å²) in [7, 11) is 1.85. The zero-order valence-electron chi connectivity index (χ0n) is 16.2. The number of carbonyl (C=O) groups is 1. The average Bonchev–Trinajstić information content (AvgIpc) is 3.33. The van der Waals surface area contributed by atoms with E-state index in [0.717, 1.165) is 30.6 Å². The fraction of sp³-hybridized carbons (Fsp3) is 0.381. The van der Waals surface area contributed by atoms with E-state index >= 15 is 0 Å². The Morgan fingerprint density at radius 3 is 2.76 bits per heavy atom. The monoisotopic (exact) mass is 395 g/mol. The van der Waals surface area contributed by atoms with Crippen LogP contribution in [0.5, 0.6) is 5.75 Å². The lowest BCUT2D eigenvalue weighted by Crippen LogP contribution is -2.57. The molecule has 1 aliphatic carbocycles. The van der Waals surface area contributed by atoms with Gasteiger partial charge in [0.25, 0.3) is 0 Å². The minimum Gasteiger partial charge on any atom is -0.491 e. The first-order valence-corrected chi connectivity index (χ1v) is 9.73. The van der Waals surface area contributed by atoms with Gasteiger partial charge in [-0.3, -0.25) is 9.48 Å². The van der Waals surface area contributed by atoms with Gasteiger partial charge in [0.05, 0.1) is 19.0 Å². The molecule has 0 spiro atoms. The van der Waals surface area contributed by atoms with Crippen LogP contribution in [0.2, 0.25) is 0 Å². The fourth-order valence-electron chi connectivity index (χ4n) is 4.64. The van der Waals surface area contributed by atoms with Crippen molar-refractivity contribution < 1.29 is 13.9 Å². The Morgan fingerprint density at radius 2 is 2.07 bits per heavy atom. The van der Waals surface area contributed by atoms with E-state index in [1.807, 2.05) is 24.2 Å². The summed E-state index contributed by atoms with van der Waals surface area (Å²) in [5.41, 5.74) is 2.11. The van der Waals surface area contributed by atoms with Crippen LogP contribution in [0.25, 0.3) is 16.6 Å². The highest BCUT2D eigenvalue weighted by Crippen LogP contribution is 2.46. The molecular formula is C21H22FN5O2. The first-order valence-electron chi connectivity index (χ1n) is 9.73. The molecule has 7 nitrogen and oxygen atoms in total. The summed E-state index contributed by atoms with van der Waals surface area (Å²) < 4.78 is 23.7. The normalized spacial score (nSPS) is 23.1. The smallest absolute Gasteiger partial charge is 0.245 e. The number of hydrogen-bond acceptors (Lipinski definition) is 4. The van der Waals surface area contributed by atoms with Crippen LogP contribution in [-0.4, -0.2) is 49.9 Å². The minimum absolute atomic E-state index is 0.00807. The summed E-state index contributed by atoms with van der Waals surface area (Å²) >= 11 is 0. The van der Waals surface area contributed by atoms with E-state index < -0.39 is 5.82 Å². The standard InChI is InChI=1S/C21H22FN5O2/c1-3-20(28)26-9-14-4-15(10-26)17(14)12-29-19-5-13(16-6-23-25(2)8-16)11-27-21(19)18(22)7-24-27/h3,5-8,11,14-15,17H,1,4,9-10,12H2,2H3. The molecule has 6 rings (SSSR count). The van der Waals surface area contributed by atoms with E-state index in [4.69, 9.17) is 4.74 Å². The van der Waals surface area contributed by atoms with Crippen LogP contribution in [0.15, 0.2) is 43.5 Å². The Labute approximate surface area is 167 Å². The fourth-order valence-corrected chi connectivity index (χ4v) is 4.64. The Morgan fingerprint density at radius 1 is 1.28 bits per heavy atom. The zero-order valence-corrected chi connectivity index (χ0v) is 16.2. The van der Waals surface area contributed by atoms with Gasteiger partial charge in [-0.05, 0) is 30.4 Å². The van der Waals surface area contributed by atoms with Crippen LogP contribution >= 0.6 is 0 Å². The molecule has 0 aromatic carbocycles. The first-order chi connectivity index (χ1) is 14.0. The van der Waals surface area contributed by atoms with Gasteiger partial charge >= 0.3 is 0 Å². The van der Waals surface area contributed by atoms with E-state index in [1.165, 1.54) is 16.8 Å². The quantitative estimate of drug-likeness (QED) is 0.623. The third-order valence-corrected chi connectivity index (χ3v) is 6.21. The number of rotatable bonds is 5. The number of fused-ring (bicyclic) bond motifs is 3. The molecule has 2 saturated heterocycles. The molecule has 3 aromatic heterocycles. The van der Waals surface area contributed by atoms with E-state index in [0.29, 0.717) is 35.6 Å². The molecule has 150 valence electrons. The van der Waals surface area contributed by atoms with E-state index in [1.54, 1.807) is 17.1 Å². The van der Waals surface area contributed by atoms with Gasteiger partial charge in [-0.2, -0.15) is 10.2 Å². The molecule has 1 saturated carbocycles. The van der Waals surface area contributed by atoms with Gasteiger partial charge in [-0.25, -0.2) is 8.91 Å². The summed E-state index contributed by atoms with van der Waals surface area (Å²) in [6.07, 6.45) is 9.12. The van der Waals surface area contributed by atoms with Crippen molar-refractivity contribution in [2.75, 3.05) is 19.7 Å². The van der Waals surface area contributed by atoms with Crippen molar-refractivity contribution in [1.29, 1.82) is 0 Å². The van der Waals surface area contributed by atoms with Crippen LogP contribution in [-0.2, 0) is 11.8 Å². The van der Waals surface area contributed by atoms with E-state index in [2.05, 4.69) is 16.8 Å². The van der Waals surface area contributed by atoms with Gasteiger partial charge in [0.1, 0.15) is 11.3 Å². The van der Waals surface area contributed by atoms with Crippen molar-refractivity contribution in [3.05, 3.63) is 49.3 Å². The second kappa shape index (κ2) is 6.72. The maximum Gasteiger partial charge on any atom is 0.245 e. The van der Waals surface area contributed by atoms with Gasteiger partial charge in [0.15, 0.2) is 5.82 Å². The lowest BCUT2D eigenvalue weighted by atomic mass is 9.62. The highest BCUT2D eigenvalue weighted by Gasteiger charge is 2.47. The first kappa shape index (κ1) is 17.9. The number of hydrogen-bond donors (Lipinski definition) is 0. The van der Waals surface area contributed by atoms with Crippen LogP contribution in [0.4, 0.5) is 4.39 Å². The molecule has 1 amide bonds. The number of amides is 1. The number of carbonyl (C=O) groups excluding carboxylic acids is 1. The molecule has 2 unspecified atom stereocenters.